The fraction of sp³-hybridized carbons (Fsp3) is 0.917. The summed E-state index contributed by atoms with van der Waals surface area (Å²) in [4.78, 5) is 16.5. The van der Waals surface area contributed by atoms with Gasteiger partial charge in [-0.15, -0.1) is 0 Å². The van der Waals surface area contributed by atoms with Crippen LogP contribution in [0.2, 0.25) is 0 Å². The molecule has 1 amide bonds. The summed E-state index contributed by atoms with van der Waals surface area (Å²) >= 11 is 0. The van der Waals surface area contributed by atoms with Gasteiger partial charge in [0.2, 0.25) is 5.91 Å². The molecule has 2 fully saturated rings. The molecule has 4 nitrogen and oxygen atoms in total. The van der Waals surface area contributed by atoms with Crippen LogP contribution in [0.5, 0.6) is 0 Å². The zero-order valence-electron chi connectivity index (χ0n) is 10.6. The zero-order valence-corrected chi connectivity index (χ0v) is 10.6. The number of carbonyl (C=O) groups excluding carboxylic acids is 1. The standard InChI is InChI=1S/C12H23N3O/c1-9-8-14(2)5-4-11(9)15(3)12(16)10-6-13-7-10/h9-11,13H,4-8H2,1-3H3. The largest absolute Gasteiger partial charge is 0.342 e. The Morgan fingerprint density at radius 2 is 2.12 bits per heavy atom. The maximum atomic E-state index is 12.1. The molecular formula is C12H23N3O. The Morgan fingerprint density at radius 3 is 2.62 bits per heavy atom. The summed E-state index contributed by atoms with van der Waals surface area (Å²) in [6.07, 6.45) is 1.11. The predicted octanol–water partition coefficient (Wildman–Crippen LogP) is 0.00440. The highest BCUT2D eigenvalue weighted by molar-refractivity contribution is 5.80. The monoisotopic (exact) mass is 225 g/mol. The van der Waals surface area contributed by atoms with E-state index in [0.717, 1.165) is 32.6 Å². The van der Waals surface area contributed by atoms with Gasteiger partial charge in [0.15, 0.2) is 0 Å². The molecule has 92 valence electrons. The van der Waals surface area contributed by atoms with Crippen LogP contribution in [0.15, 0.2) is 0 Å². The summed E-state index contributed by atoms with van der Waals surface area (Å²) in [5, 5.41) is 3.16. The summed E-state index contributed by atoms with van der Waals surface area (Å²) in [5.74, 6) is 1.15. The van der Waals surface area contributed by atoms with E-state index in [1.165, 1.54) is 0 Å². The van der Waals surface area contributed by atoms with Gasteiger partial charge in [-0.2, -0.15) is 0 Å². The van der Waals surface area contributed by atoms with E-state index in [1.54, 1.807) is 0 Å². The van der Waals surface area contributed by atoms with Crippen molar-refractivity contribution in [3.05, 3.63) is 0 Å². The second-order valence-electron chi connectivity index (χ2n) is 5.40. The minimum absolute atomic E-state index is 0.233. The first kappa shape index (κ1) is 11.9. The van der Waals surface area contributed by atoms with Gasteiger partial charge in [-0.25, -0.2) is 0 Å². The van der Waals surface area contributed by atoms with Crippen molar-refractivity contribution in [1.29, 1.82) is 0 Å². The van der Waals surface area contributed by atoms with Crippen molar-refractivity contribution in [2.24, 2.45) is 11.8 Å². The van der Waals surface area contributed by atoms with Gasteiger partial charge in [0, 0.05) is 32.7 Å². The van der Waals surface area contributed by atoms with Crippen molar-refractivity contribution in [3.63, 3.8) is 0 Å². The van der Waals surface area contributed by atoms with Crippen LogP contribution in [-0.4, -0.2) is 62.0 Å². The van der Waals surface area contributed by atoms with Crippen LogP contribution < -0.4 is 5.32 Å². The Bertz CT molecular complexity index is 265. The van der Waals surface area contributed by atoms with E-state index in [2.05, 4.69) is 24.2 Å². The fourth-order valence-electron chi connectivity index (χ4n) is 2.83. The average Bonchev–Trinajstić information content (AvgIpc) is 2.14. The van der Waals surface area contributed by atoms with E-state index in [0.29, 0.717) is 17.9 Å². The molecule has 2 saturated heterocycles. The average molecular weight is 225 g/mol. The summed E-state index contributed by atoms with van der Waals surface area (Å²) in [7, 11) is 4.14. The summed E-state index contributed by atoms with van der Waals surface area (Å²) in [5.41, 5.74) is 0. The molecule has 2 aliphatic heterocycles. The Labute approximate surface area is 98.0 Å². The number of carbonyl (C=O) groups is 1. The van der Waals surface area contributed by atoms with E-state index in [4.69, 9.17) is 0 Å². The molecule has 4 heteroatoms. The SMILES string of the molecule is CC1CN(C)CCC1N(C)C(=O)C1CNC1. The van der Waals surface area contributed by atoms with Gasteiger partial charge in [0.05, 0.1) is 5.92 Å². The van der Waals surface area contributed by atoms with Crippen LogP contribution in [-0.2, 0) is 4.79 Å². The number of nitrogens with zero attached hydrogens (tertiary/aromatic N) is 2. The fourth-order valence-corrected chi connectivity index (χ4v) is 2.83. The van der Waals surface area contributed by atoms with Gasteiger partial charge >= 0.3 is 0 Å². The molecule has 2 atom stereocenters. The Morgan fingerprint density at radius 1 is 1.44 bits per heavy atom. The van der Waals surface area contributed by atoms with Gasteiger partial charge in [-0.05, 0) is 25.9 Å². The molecule has 2 aliphatic rings. The van der Waals surface area contributed by atoms with E-state index in [-0.39, 0.29) is 5.92 Å². The maximum Gasteiger partial charge on any atom is 0.228 e. The van der Waals surface area contributed by atoms with Gasteiger partial charge in [0.1, 0.15) is 0 Å². The van der Waals surface area contributed by atoms with Crippen molar-refractivity contribution < 1.29 is 4.79 Å². The van der Waals surface area contributed by atoms with Crippen LogP contribution in [0, 0.1) is 11.8 Å². The predicted molar refractivity (Wildman–Crippen MR) is 64.2 cm³/mol. The van der Waals surface area contributed by atoms with Gasteiger partial charge in [-0.1, -0.05) is 6.92 Å². The van der Waals surface area contributed by atoms with Crippen molar-refractivity contribution >= 4 is 5.91 Å². The summed E-state index contributed by atoms with van der Waals surface area (Å²) in [6, 6.07) is 0.435. The van der Waals surface area contributed by atoms with Crippen LogP contribution in [0.25, 0.3) is 0 Å². The van der Waals surface area contributed by atoms with Crippen LogP contribution in [0.4, 0.5) is 0 Å². The molecule has 16 heavy (non-hydrogen) atoms. The smallest absolute Gasteiger partial charge is 0.228 e. The minimum Gasteiger partial charge on any atom is -0.342 e. The Hall–Kier alpha value is -0.610. The summed E-state index contributed by atoms with van der Waals surface area (Å²) < 4.78 is 0. The molecule has 2 rings (SSSR count). The molecule has 0 aromatic rings. The van der Waals surface area contributed by atoms with Gasteiger partial charge in [0.25, 0.3) is 0 Å². The van der Waals surface area contributed by atoms with Gasteiger partial charge < -0.3 is 15.1 Å². The number of hydrogen-bond acceptors (Lipinski definition) is 3. The quantitative estimate of drug-likeness (QED) is 0.719. The normalized spacial score (nSPS) is 32.2. The Balaban J connectivity index is 1.92. The molecule has 0 saturated carbocycles. The first-order valence-electron chi connectivity index (χ1n) is 6.25. The molecule has 2 unspecified atom stereocenters. The second-order valence-corrected chi connectivity index (χ2v) is 5.40. The highest BCUT2D eigenvalue weighted by atomic mass is 16.2. The number of nitrogens with one attached hydrogen (secondary N) is 1. The molecule has 0 aromatic heterocycles. The lowest BCUT2D eigenvalue weighted by Crippen LogP contribution is -2.56. The van der Waals surface area contributed by atoms with Crippen molar-refractivity contribution in [1.82, 2.24) is 15.1 Å². The second kappa shape index (κ2) is 4.72. The van der Waals surface area contributed by atoms with E-state index >= 15 is 0 Å². The number of piperidine rings is 1. The first-order valence-corrected chi connectivity index (χ1v) is 6.25. The number of likely N-dealkylation sites (tertiary alicyclic amines) is 1. The molecule has 0 bridgehead atoms. The lowest BCUT2D eigenvalue weighted by atomic mass is 9.91. The third-order valence-electron chi connectivity index (χ3n) is 4.04. The van der Waals surface area contributed by atoms with Crippen LogP contribution in [0.1, 0.15) is 13.3 Å². The maximum absolute atomic E-state index is 12.1. The lowest BCUT2D eigenvalue weighted by molar-refractivity contribution is -0.139. The molecule has 2 heterocycles. The van der Waals surface area contributed by atoms with E-state index in [9.17, 15) is 4.79 Å². The van der Waals surface area contributed by atoms with Crippen molar-refractivity contribution in [2.45, 2.75) is 19.4 Å². The van der Waals surface area contributed by atoms with E-state index in [1.807, 2.05) is 11.9 Å². The number of rotatable bonds is 2. The van der Waals surface area contributed by atoms with E-state index < -0.39 is 0 Å². The highest BCUT2D eigenvalue weighted by Gasteiger charge is 2.34. The lowest BCUT2D eigenvalue weighted by Gasteiger charge is -2.42. The summed E-state index contributed by atoms with van der Waals surface area (Å²) in [6.45, 7) is 6.19. The molecule has 0 radical (unpaired) electrons. The number of hydrogen-bond donors (Lipinski definition) is 1. The molecular weight excluding hydrogens is 202 g/mol. The van der Waals surface area contributed by atoms with Crippen LogP contribution >= 0.6 is 0 Å². The topological polar surface area (TPSA) is 35.6 Å². The first-order chi connectivity index (χ1) is 7.59. The van der Waals surface area contributed by atoms with Crippen molar-refractivity contribution in [2.75, 3.05) is 40.3 Å². The third kappa shape index (κ3) is 2.23. The molecule has 0 aromatic carbocycles. The highest BCUT2D eigenvalue weighted by Crippen LogP contribution is 2.22. The molecule has 0 aliphatic carbocycles. The Kier molecular flexibility index (Phi) is 3.50. The number of amides is 1. The van der Waals surface area contributed by atoms with Crippen LogP contribution in [0.3, 0.4) is 0 Å². The third-order valence-corrected chi connectivity index (χ3v) is 4.04. The molecule has 0 spiro atoms. The van der Waals surface area contributed by atoms with Gasteiger partial charge in [-0.3, -0.25) is 4.79 Å². The zero-order chi connectivity index (χ0) is 11.7. The molecule has 1 N–H and O–H groups in total. The van der Waals surface area contributed by atoms with Crippen molar-refractivity contribution in [3.8, 4) is 0 Å². The minimum atomic E-state index is 0.233.